The molecule has 0 atom stereocenters. The number of nitrogens with one attached hydrogen (secondary N) is 2. The van der Waals surface area contributed by atoms with Crippen LogP contribution in [0.25, 0.3) is 11.0 Å². The Balaban J connectivity index is 1.22. The van der Waals surface area contributed by atoms with Gasteiger partial charge in [-0.05, 0) is 49.9 Å². The SMILES string of the molecule is CN=C(NCCCn1c(C)nc2ccccc21)NCc1ccc(N2CCCCCC2)nc1. The molecule has 1 aromatic carbocycles. The van der Waals surface area contributed by atoms with Crippen LogP contribution < -0.4 is 15.5 Å². The third kappa shape index (κ3) is 5.58. The number of imidazole rings is 1. The van der Waals surface area contributed by atoms with E-state index in [1.807, 2.05) is 19.3 Å². The molecular weight excluding hydrogens is 398 g/mol. The third-order valence-corrected chi connectivity index (χ3v) is 6.12. The standard InChI is InChI=1S/C25H35N7/c1-20-30-22-10-5-6-11-23(22)32(20)17-9-14-27-25(26-2)29-19-21-12-13-24(28-18-21)31-15-7-3-4-8-16-31/h5-6,10-13,18H,3-4,7-9,14-17,19H2,1-2H3,(H2,26,27,29). The quantitative estimate of drug-likeness (QED) is 0.336. The van der Waals surface area contributed by atoms with Crippen LogP contribution in [0.2, 0.25) is 0 Å². The van der Waals surface area contributed by atoms with Crippen molar-refractivity contribution in [1.82, 2.24) is 25.2 Å². The molecule has 3 heterocycles. The van der Waals surface area contributed by atoms with Gasteiger partial charge in [0.2, 0.25) is 0 Å². The van der Waals surface area contributed by atoms with Gasteiger partial charge in [0, 0.05) is 46.0 Å². The van der Waals surface area contributed by atoms with E-state index in [0.717, 1.165) is 61.3 Å². The van der Waals surface area contributed by atoms with E-state index in [9.17, 15) is 0 Å². The number of hydrogen-bond donors (Lipinski definition) is 2. The van der Waals surface area contributed by atoms with Crippen molar-refractivity contribution in [3.05, 3.63) is 54.0 Å². The number of anilines is 1. The van der Waals surface area contributed by atoms with Gasteiger partial charge in [-0.2, -0.15) is 0 Å². The maximum absolute atomic E-state index is 4.70. The average Bonchev–Trinajstić information content (AvgIpc) is 2.97. The van der Waals surface area contributed by atoms with E-state index in [-0.39, 0.29) is 0 Å². The van der Waals surface area contributed by atoms with Crippen molar-refractivity contribution in [2.45, 2.75) is 52.1 Å². The molecule has 1 aliphatic rings. The summed E-state index contributed by atoms with van der Waals surface area (Å²) < 4.78 is 2.28. The van der Waals surface area contributed by atoms with Crippen molar-refractivity contribution in [1.29, 1.82) is 0 Å². The van der Waals surface area contributed by atoms with Crippen molar-refractivity contribution < 1.29 is 0 Å². The number of nitrogens with zero attached hydrogens (tertiary/aromatic N) is 5. The molecule has 3 aromatic rings. The number of pyridine rings is 1. The average molecular weight is 434 g/mol. The second-order valence-electron chi connectivity index (χ2n) is 8.43. The van der Waals surface area contributed by atoms with E-state index in [1.165, 1.54) is 31.2 Å². The molecule has 0 radical (unpaired) electrons. The zero-order chi connectivity index (χ0) is 22.2. The van der Waals surface area contributed by atoms with Gasteiger partial charge in [0.15, 0.2) is 5.96 Å². The van der Waals surface area contributed by atoms with Gasteiger partial charge < -0.3 is 20.1 Å². The van der Waals surface area contributed by atoms with Crippen LogP contribution in [0.5, 0.6) is 0 Å². The molecule has 0 unspecified atom stereocenters. The smallest absolute Gasteiger partial charge is 0.191 e. The summed E-state index contributed by atoms with van der Waals surface area (Å²) in [4.78, 5) is 16.1. The van der Waals surface area contributed by atoms with E-state index in [4.69, 9.17) is 4.98 Å². The number of aliphatic imine (C=N–C) groups is 1. The van der Waals surface area contributed by atoms with Crippen molar-refractivity contribution in [3.63, 3.8) is 0 Å². The van der Waals surface area contributed by atoms with E-state index in [1.54, 1.807) is 0 Å². The predicted octanol–water partition coefficient (Wildman–Crippen LogP) is 3.88. The van der Waals surface area contributed by atoms with Crippen molar-refractivity contribution in [2.75, 3.05) is 31.6 Å². The van der Waals surface area contributed by atoms with E-state index >= 15 is 0 Å². The lowest BCUT2D eigenvalue weighted by Crippen LogP contribution is -2.37. The normalized spacial score (nSPS) is 15.1. The summed E-state index contributed by atoms with van der Waals surface area (Å²) in [6.45, 7) is 6.79. The Labute approximate surface area is 191 Å². The molecule has 0 spiro atoms. The maximum atomic E-state index is 4.70. The number of fused-ring (bicyclic) bond motifs is 1. The van der Waals surface area contributed by atoms with Gasteiger partial charge in [-0.15, -0.1) is 0 Å². The minimum Gasteiger partial charge on any atom is -0.357 e. The molecule has 4 rings (SSSR count). The number of aromatic nitrogens is 3. The maximum Gasteiger partial charge on any atom is 0.191 e. The van der Waals surface area contributed by atoms with Gasteiger partial charge in [-0.1, -0.05) is 31.0 Å². The molecule has 170 valence electrons. The molecule has 32 heavy (non-hydrogen) atoms. The molecule has 1 aliphatic heterocycles. The number of para-hydroxylation sites is 2. The van der Waals surface area contributed by atoms with Crippen LogP contribution in [-0.2, 0) is 13.1 Å². The summed E-state index contributed by atoms with van der Waals surface area (Å²) in [7, 11) is 1.81. The first-order chi connectivity index (χ1) is 15.7. The topological polar surface area (TPSA) is 70.4 Å². The van der Waals surface area contributed by atoms with Crippen LogP contribution in [0.15, 0.2) is 47.6 Å². The zero-order valence-corrected chi connectivity index (χ0v) is 19.3. The van der Waals surface area contributed by atoms with E-state index in [2.05, 4.69) is 67.3 Å². The van der Waals surface area contributed by atoms with E-state index in [0.29, 0.717) is 6.54 Å². The molecule has 0 bridgehead atoms. The van der Waals surface area contributed by atoms with Crippen LogP contribution >= 0.6 is 0 Å². The lowest BCUT2D eigenvalue weighted by Gasteiger charge is -2.21. The number of hydrogen-bond acceptors (Lipinski definition) is 4. The highest BCUT2D eigenvalue weighted by Gasteiger charge is 2.11. The fourth-order valence-corrected chi connectivity index (χ4v) is 4.34. The van der Waals surface area contributed by atoms with Gasteiger partial charge in [0.05, 0.1) is 11.0 Å². The van der Waals surface area contributed by atoms with E-state index < -0.39 is 0 Å². The fourth-order valence-electron chi connectivity index (χ4n) is 4.34. The first-order valence-electron chi connectivity index (χ1n) is 11.8. The first-order valence-corrected chi connectivity index (χ1v) is 11.8. The highest BCUT2D eigenvalue weighted by atomic mass is 15.2. The summed E-state index contributed by atoms with van der Waals surface area (Å²) in [5.74, 6) is 2.97. The van der Waals surface area contributed by atoms with Gasteiger partial charge in [0.25, 0.3) is 0 Å². The Morgan fingerprint density at radius 2 is 1.84 bits per heavy atom. The Morgan fingerprint density at radius 1 is 1.03 bits per heavy atom. The Kier molecular flexibility index (Phi) is 7.59. The Morgan fingerprint density at radius 3 is 2.59 bits per heavy atom. The molecule has 7 nitrogen and oxygen atoms in total. The van der Waals surface area contributed by atoms with Gasteiger partial charge in [0.1, 0.15) is 11.6 Å². The van der Waals surface area contributed by atoms with Crippen LogP contribution in [0, 0.1) is 6.92 Å². The minimum absolute atomic E-state index is 0.707. The molecule has 2 aromatic heterocycles. The van der Waals surface area contributed by atoms with Crippen LogP contribution in [0.1, 0.15) is 43.5 Å². The summed E-state index contributed by atoms with van der Waals surface area (Å²) in [6.07, 6.45) is 8.18. The van der Waals surface area contributed by atoms with Crippen molar-refractivity contribution in [2.24, 2.45) is 4.99 Å². The molecular formula is C25H35N7. The molecule has 2 N–H and O–H groups in total. The summed E-state index contributed by atoms with van der Waals surface area (Å²) in [6, 6.07) is 12.6. The Hall–Kier alpha value is -3.09. The summed E-state index contributed by atoms with van der Waals surface area (Å²) in [5, 5.41) is 6.81. The minimum atomic E-state index is 0.707. The predicted molar refractivity (Wildman–Crippen MR) is 132 cm³/mol. The monoisotopic (exact) mass is 433 g/mol. The van der Waals surface area contributed by atoms with Crippen LogP contribution in [0.3, 0.4) is 0 Å². The second kappa shape index (κ2) is 11.0. The number of aryl methyl sites for hydroxylation is 2. The fraction of sp³-hybridized carbons (Fsp3) is 0.480. The third-order valence-electron chi connectivity index (χ3n) is 6.12. The molecule has 7 heteroatoms. The van der Waals surface area contributed by atoms with Crippen LogP contribution in [-0.4, -0.2) is 47.2 Å². The molecule has 0 saturated carbocycles. The number of rotatable bonds is 7. The number of guanidine groups is 1. The second-order valence-corrected chi connectivity index (χ2v) is 8.43. The molecule has 0 aliphatic carbocycles. The van der Waals surface area contributed by atoms with Gasteiger partial charge in [-0.25, -0.2) is 9.97 Å². The van der Waals surface area contributed by atoms with Gasteiger partial charge in [-0.3, -0.25) is 4.99 Å². The Bertz CT molecular complexity index is 1010. The first kappa shape index (κ1) is 22.1. The zero-order valence-electron chi connectivity index (χ0n) is 19.3. The highest BCUT2D eigenvalue weighted by Crippen LogP contribution is 2.18. The summed E-state index contributed by atoms with van der Waals surface area (Å²) in [5.41, 5.74) is 3.42. The van der Waals surface area contributed by atoms with Gasteiger partial charge >= 0.3 is 0 Å². The molecule has 0 amide bonds. The lowest BCUT2D eigenvalue weighted by atomic mass is 10.2. The lowest BCUT2D eigenvalue weighted by molar-refractivity contribution is 0.624. The highest BCUT2D eigenvalue weighted by molar-refractivity contribution is 5.79. The largest absolute Gasteiger partial charge is 0.357 e. The van der Waals surface area contributed by atoms with Crippen LogP contribution in [0.4, 0.5) is 5.82 Å². The van der Waals surface area contributed by atoms with Crippen molar-refractivity contribution in [3.8, 4) is 0 Å². The molecule has 1 fully saturated rings. The molecule has 1 saturated heterocycles. The van der Waals surface area contributed by atoms with Crippen molar-refractivity contribution >= 4 is 22.8 Å². The summed E-state index contributed by atoms with van der Waals surface area (Å²) >= 11 is 0. The number of benzene rings is 1.